The van der Waals surface area contributed by atoms with Crippen molar-refractivity contribution < 1.29 is 14.0 Å². The molecule has 0 aliphatic heterocycles. The van der Waals surface area contributed by atoms with Gasteiger partial charge in [-0.2, -0.15) is 4.98 Å². The fraction of sp³-hybridized carbons (Fsp3) is 0.217. The molecular formula is C23H23N3O3. The minimum atomic E-state index is 0.263. The van der Waals surface area contributed by atoms with E-state index in [1.165, 1.54) is 5.56 Å². The average molecular weight is 389 g/mol. The number of rotatable bonds is 8. The molecule has 0 saturated carbocycles. The first kappa shape index (κ1) is 19.0. The van der Waals surface area contributed by atoms with Gasteiger partial charge in [0.1, 0.15) is 11.5 Å². The summed E-state index contributed by atoms with van der Waals surface area (Å²) < 4.78 is 11.0. The van der Waals surface area contributed by atoms with Crippen molar-refractivity contribution in [2.75, 3.05) is 0 Å². The molecule has 148 valence electrons. The fourth-order valence-electron chi connectivity index (χ4n) is 3.19. The van der Waals surface area contributed by atoms with Crippen molar-refractivity contribution >= 4 is 0 Å². The van der Waals surface area contributed by atoms with Gasteiger partial charge < -0.3 is 14.0 Å². The lowest BCUT2D eigenvalue weighted by atomic mass is 10.1. The van der Waals surface area contributed by atoms with Gasteiger partial charge in [0.25, 0.3) is 0 Å². The lowest BCUT2D eigenvalue weighted by Gasteiger charge is -2.19. The summed E-state index contributed by atoms with van der Waals surface area (Å²) in [5, 5.41) is 14.3. The number of furan rings is 1. The molecule has 2 aromatic heterocycles. The Morgan fingerprint density at radius 1 is 0.931 bits per heavy atom. The highest BCUT2D eigenvalue weighted by atomic mass is 16.5. The molecule has 0 atom stereocenters. The van der Waals surface area contributed by atoms with Gasteiger partial charge in [-0.05, 0) is 30.2 Å². The van der Waals surface area contributed by atoms with Gasteiger partial charge in [-0.25, -0.2) is 0 Å². The quantitative estimate of drug-likeness (QED) is 0.466. The van der Waals surface area contributed by atoms with E-state index < -0.39 is 0 Å². The fourth-order valence-corrected chi connectivity index (χ4v) is 3.19. The monoisotopic (exact) mass is 389 g/mol. The number of aromatic nitrogens is 2. The van der Waals surface area contributed by atoms with Gasteiger partial charge in [-0.3, -0.25) is 4.90 Å². The van der Waals surface area contributed by atoms with E-state index >= 15 is 0 Å². The number of phenols is 1. The summed E-state index contributed by atoms with van der Waals surface area (Å²) in [5.74, 6) is 2.18. The van der Waals surface area contributed by atoms with Crippen molar-refractivity contribution in [1.82, 2.24) is 15.0 Å². The standard InChI is InChI=1S/C23H23N3O3/c1-2-17-9-11-18(12-10-17)23-24-22(29-25-23)16-26(15-20-7-5-13-28-20)14-19-6-3-4-8-21(19)27/h3-13,27H,2,14-16H2,1H3. The SMILES string of the molecule is CCc1ccc(-c2noc(CN(Cc3ccco3)Cc3ccccc3O)n2)cc1. The van der Waals surface area contributed by atoms with Crippen molar-refractivity contribution in [3.8, 4) is 17.1 Å². The number of hydrogen-bond acceptors (Lipinski definition) is 6. The number of phenolic OH excluding ortho intramolecular Hbond substituents is 1. The molecule has 4 rings (SSSR count). The van der Waals surface area contributed by atoms with E-state index in [2.05, 4.69) is 34.1 Å². The molecule has 0 aliphatic rings. The summed E-state index contributed by atoms with van der Waals surface area (Å²) >= 11 is 0. The lowest BCUT2D eigenvalue weighted by molar-refractivity contribution is 0.195. The van der Waals surface area contributed by atoms with Crippen molar-refractivity contribution in [2.45, 2.75) is 33.0 Å². The Bertz CT molecular complexity index is 1040. The third-order valence-corrected chi connectivity index (χ3v) is 4.79. The zero-order chi connectivity index (χ0) is 20.1. The van der Waals surface area contributed by atoms with Crippen molar-refractivity contribution in [3.05, 3.63) is 89.7 Å². The number of hydrogen-bond donors (Lipinski definition) is 1. The summed E-state index contributed by atoms with van der Waals surface area (Å²) in [6.07, 6.45) is 2.64. The topological polar surface area (TPSA) is 75.5 Å². The third kappa shape index (κ3) is 4.73. The molecule has 0 unspecified atom stereocenters. The molecule has 2 heterocycles. The zero-order valence-corrected chi connectivity index (χ0v) is 16.3. The molecule has 1 N–H and O–H groups in total. The second-order valence-corrected chi connectivity index (χ2v) is 6.92. The Labute approximate surface area is 169 Å². The van der Waals surface area contributed by atoms with Gasteiger partial charge in [0.15, 0.2) is 0 Å². The zero-order valence-electron chi connectivity index (χ0n) is 16.3. The molecule has 4 aromatic rings. The highest BCUT2D eigenvalue weighted by Crippen LogP contribution is 2.22. The van der Waals surface area contributed by atoms with Crippen LogP contribution in [0, 0.1) is 0 Å². The Morgan fingerprint density at radius 2 is 1.76 bits per heavy atom. The van der Waals surface area contributed by atoms with Crippen LogP contribution in [0.2, 0.25) is 0 Å². The van der Waals surface area contributed by atoms with E-state index in [0.29, 0.717) is 31.3 Å². The summed E-state index contributed by atoms with van der Waals surface area (Å²) in [6.45, 7) is 3.65. The molecule has 6 heteroatoms. The van der Waals surface area contributed by atoms with Crippen LogP contribution in [0.4, 0.5) is 0 Å². The van der Waals surface area contributed by atoms with Crippen LogP contribution in [0.5, 0.6) is 5.75 Å². The molecule has 0 bridgehead atoms. The molecule has 29 heavy (non-hydrogen) atoms. The molecule has 0 aliphatic carbocycles. The molecule has 0 amide bonds. The molecule has 0 radical (unpaired) electrons. The van der Waals surface area contributed by atoms with Gasteiger partial charge in [0.2, 0.25) is 11.7 Å². The average Bonchev–Trinajstić information content (AvgIpc) is 3.42. The molecule has 2 aromatic carbocycles. The maximum Gasteiger partial charge on any atom is 0.241 e. The van der Waals surface area contributed by atoms with E-state index in [9.17, 15) is 5.11 Å². The Kier molecular flexibility index (Phi) is 5.72. The Morgan fingerprint density at radius 3 is 2.48 bits per heavy atom. The Hall–Kier alpha value is -3.38. The highest BCUT2D eigenvalue weighted by Gasteiger charge is 2.16. The van der Waals surface area contributed by atoms with Crippen LogP contribution < -0.4 is 0 Å². The maximum absolute atomic E-state index is 10.1. The lowest BCUT2D eigenvalue weighted by Crippen LogP contribution is -2.22. The molecular weight excluding hydrogens is 366 g/mol. The summed E-state index contributed by atoms with van der Waals surface area (Å²) in [5.41, 5.74) is 3.02. The van der Waals surface area contributed by atoms with Gasteiger partial charge in [-0.1, -0.05) is 54.5 Å². The summed E-state index contributed by atoms with van der Waals surface area (Å²) in [6, 6.07) is 19.3. The van der Waals surface area contributed by atoms with E-state index in [1.54, 1.807) is 12.3 Å². The van der Waals surface area contributed by atoms with E-state index in [0.717, 1.165) is 23.3 Å². The van der Waals surface area contributed by atoms with Gasteiger partial charge in [0, 0.05) is 17.7 Å². The van der Waals surface area contributed by atoms with Gasteiger partial charge in [-0.15, -0.1) is 0 Å². The van der Waals surface area contributed by atoms with Crippen LogP contribution in [0.3, 0.4) is 0 Å². The summed E-state index contributed by atoms with van der Waals surface area (Å²) in [7, 11) is 0. The Balaban J connectivity index is 1.52. The second-order valence-electron chi connectivity index (χ2n) is 6.92. The first-order chi connectivity index (χ1) is 14.2. The molecule has 0 fully saturated rings. The van der Waals surface area contributed by atoms with Crippen LogP contribution in [-0.2, 0) is 26.1 Å². The van der Waals surface area contributed by atoms with Crippen LogP contribution >= 0.6 is 0 Å². The predicted octanol–water partition coefficient (Wildman–Crippen LogP) is 4.80. The van der Waals surface area contributed by atoms with Crippen LogP contribution in [0.25, 0.3) is 11.4 Å². The van der Waals surface area contributed by atoms with Gasteiger partial charge >= 0.3 is 0 Å². The number of aromatic hydroxyl groups is 1. The van der Waals surface area contributed by atoms with Crippen LogP contribution in [-0.4, -0.2) is 20.1 Å². The first-order valence-electron chi connectivity index (χ1n) is 9.65. The van der Waals surface area contributed by atoms with Gasteiger partial charge in [0.05, 0.1) is 19.4 Å². The minimum Gasteiger partial charge on any atom is -0.508 e. The van der Waals surface area contributed by atoms with E-state index in [1.807, 2.05) is 42.5 Å². The first-order valence-corrected chi connectivity index (χ1v) is 9.65. The normalized spacial score (nSPS) is 11.2. The predicted molar refractivity (Wildman–Crippen MR) is 109 cm³/mol. The van der Waals surface area contributed by atoms with Crippen molar-refractivity contribution in [3.63, 3.8) is 0 Å². The largest absolute Gasteiger partial charge is 0.508 e. The third-order valence-electron chi connectivity index (χ3n) is 4.79. The number of nitrogens with zero attached hydrogens (tertiary/aromatic N) is 3. The maximum atomic E-state index is 10.1. The van der Waals surface area contributed by atoms with E-state index in [4.69, 9.17) is 8.94 Å². The second kappa shape index (κ2) is 8.75. The van der Waals surface area contributed by atoms with Crippen LogP contribution in [0.15, 0.2) is 75.9 Å². The number of para-hydroxylation sites is 1. The summed E-state index contributed by atoms with van der Waals surface area (Å²) in [4.78, 5) is 6.65. The van der Waals surface area contributed by atoms with Crippen molar-refractivity contribution in [2.24, 2.45) is 0 Å². The molecule has 0 saturated heterocycles. The number of aryl methyl sites for hydroxylation is 1. The van der Waals surface area contributed by atoms with Crippen LogP contribution in [0.1, 0.15) is 29.7 Å². The minimum absolute atomic E-state index is 0.263. The van der Waals surface area contributed by atoms with Crippen molar-refractivity contribution in [1.29, 1.82) is 0 Å². The highest BCUT2D eigenvalue weighted by molar-refractivity contribution is 5.54. The van der Waals surface area contributed by atoms with E-state index in [-0.39, 0.29) is 5.75 Å². The number of benzene rings is 2. The molecule has 0 spiro atoms. The smallest absolute Gasteiger partial charge is 0.241 e. The molecule has 6 nitrogen and oxygen atoms in total.